The number of amides is 6. The van der Waals surface area contributed by atoms with Crippen LogP contribution in [0.5, 0.6) is 5.75 Å². The standard InChI is InChI=1S/C44H45ClN6O7/c1-43(2)41(44(3,4)42(43)58-30-10-7-26(23-46)33(45)22-30)48-37(54)25-5-8-29(9-6-25)49-13-15-50(16-14-49)36(53)19-24-17-27-20-31-32(21-28(27)18-24)40(57)51(39(31)56)34-11-12-35(52)47-38(34)55/h5-10,20-22,24,34,41-42H,11-19H2,1-4H3,(H,48,54)(H,47,52,55)/t34?,41-,42-. The fourth-order valence-electron chi connectivity index (χ4n) is 10.0. The molecule has 6 amide bonds. The number of hydrogen-bond acceptors (Lipinski definition) is 9. The number of nitriles is 1. The minimum Gasteiger partial charge on any atom is -0.489 e. The van der Waals surface area contributed by atoms with Gasteiger partial charge in [0.05, 0.1) is 21.7 Å². The van der Waals surface area contributed by atoms with Crippen molar-refractivity contribution >= 4 is 52.7 Å². The Morgan fingerprint density at radius 2 is 1.52 bits per heavy atom. The molecule has 0 radical (unpaired) electrons. The van der Waals surface area contributed by atoms with E-state index in [0.717, 1.165) is 21.7 Å². The van der Waals surface area contributed by atoms with Gasteiger partial charge in [-0.1, -0.05) is 39.3 Å². The molecule has 1 saturated carbocycles. The van der Waals surface area contributed by atoms with Gasteiger partial charge in [-0.05, 0) is 84.8 Å². The van der Waals surface area contributed by atoms with E-state index >= 15 is 0 Å². The van der Waals surface area contributed by atoms with Crippen molar-refractivity contribution < 1.29 is 33.5 Å². The van der Waals surface area contributed by atoms with E-state index in [1.54, 1.807) is 30.3 Å². The number of nitrogens with zero attached hydrogens (tertiary/aromatic N) is 4. The molecule has 58 heavy (non-hydrogen) atoms. The van der Waals surface area contributed by atoms with Crippen molar-refractivity contribution in [3.8, 4) is 11.8 Å². The van der Waals surface area contributed by atoms with Gasteiger partial charge in [0.25, 0.3) is 17.7 Å². The fraction of sp³-hybridized carbons (Fsp3) is 0.432. The maximum absolute atomic E-state index is 13.5. The molecule has 14 heteroatoms. The Morgan fingerprint density at radius 1 is 0.897 bits per heavy atom. The zero-order chi connectivity index (χ0) is 41.3. The summed E-state index contributed by atoms with van der Waals surface area (Å²) in [6.07, 6.45) is 1.56. The van der Waals surface area contributed by atoms with Crippen molar-refractivity contribution in [2.45, 2.75) is 78.0 Å². The van der Waals surface area contributed by atoms with E-state index in [0.29, 0.717) is 67.3 Å². The average Bonchev–Trinajstić information content (AvgIpc) is 3.70. The summed E-state index contributed by atoms with van der Waals surface area (Å²) in [5, 5.41) is 15.0. The summed E-state index contributed by atoms with van der Waals surface area (Å²) in [6.45, 7) is 10.7. The number of carbonyl (C=O) groups excluding carboxylic acids is 6. The van der Waals surface area contributed by atoms with E-state index in [2.05, 4.69) is 49.3 Å². The maximum Gasteiger partial charge on any atom is 0.262 e. The zero-order valence-corrected chi connectivity index (χ0v) is 33.7. The van der Waals surface area contributed by atoms with E-state index in [4.69, 9.17) is 16.3 Å². The lowest BCUT2D eigenvalue weighted by Crippen LogP contribution is -2.74. The first-order valence-corrected chi connectivity index (χ1v) is 20.1. The monoisotopic (exact) mass is 804 g/mol. The molecular weight excluding hydrogens is 760 g/mol. The van der Waals surface area contributed by atoms with Crippen LogP contribution in [0.2, 0.25) is 5.02 Å². The smallest absolute Gasteiger partial charge is 0.262 e. The highest BCUT2D eigenvalue weighted by Gasteiger charge is 2.64. The third kappa shape index (κ3) is 6.77. The number of hydrogen-bond donors (Lipinski definition) is 2. The van der Waals surface area contributed by atoms with Gasteiger partial charge in [0.1, 0.15) is 24.0 Å². The quantitative estimate of drug-likeness (QED) is 0.307. The van der Waals surface area contributed by atoms with E-state index in [9.17, 15) is 34.0 Å². The molecule has 3 fully saturated rings. The van der Waals surface area contributed by atoms with Gasteiger partial charge in [0.15, 0.2) is 0 Å². The summed E-state index contributed by atoms with van der Waals surface area (Å²) in [6, 6.07) is 16.9. The molecule has 0 spiro atoms. The van der Waals surface area contributed by atoms with Gasteiger partial charge in [-0.25, -0.2) is 0 Å². The van der Waals surface area contributed by atoms with E-state index in [-0.39, 0.29) is 64.7 Å². The molecule has 0 bridgehead atoms. The third-order valence-corrected chi connectivity index (χ3v) is 13.1. The summed E-state index contributed by atoms with van der Waals surface area (Å²) >= 11 is 6.24. The highest BCUT2D eigenvalue weighted by molar-refractivity contribution is 6.31. The van der Waals surface area contributed by atoms with Gasteiger partial charge in [0, 0.05) is 73.2 Å². The predicted molar refractivity (Wildman–Crippen MR) is 213 cm³/mol. The minimum atomic E-state index is -1.00. The van der Waals surface area contributed by atoms with E-state index in [1.165, 1.54) is 0 Å². The number of imide groups is 2. The number of nitrogens with one attached hydrogen (secondary N) is 2. The first kappa shape index (κ1) is 39.1. The number of piperazine rings is 1. The molecule has 3 heterocycles. The lowest BCUT2D eigenvalue weighted by molar-refractivity contribution is -0.164. The lowest BCUT2D eigenvalue weighted by Gasteiger charge is -2.63. The Kier molecular flexibility index (Phi) is 9.83. The second kappa shape index (κ2) is 14.6. The number of fused-ring (bicyclic) bond motifs is 2. The second-order valence-electron chi connectivity index (χ2n) is 17.3. The second-order valence-corrected chi connectivity index (χ2v) is 17.7. The molecule has 300 valence electrons. The van der Waals surface area contributed by atoms with Crippen LogP contribution in [-0.4, -0.2) is 89.6 Å². The Hall–Kier alpha value is -5.74. The van der Waals surface area contributed by atoms with Crippen molar-refractivity contribution in [2.75, 3.05) is 31.1 Å². The van der Waals surface area contributed by atoms with Crippen LogP contribution in [0.15, 0.2) is 54.6 Å². The van der Waals surface area contributed by atoms with Gasteiger partial charge >= 0.3 is 0 Å². The molecule has 8 rings (SSSR count). The Morgan fingerprint density at radius 3 is 2.09 bits per heavy atom. The van der Waals surface area contributed by atoms with Gasteiger partial charge in [-0.2, -0.15) is 5.26 Å². The van der Waals surface area contributed by atoms with Crippen molar-refractivity contribution in [3.05, 3.63) is 93.0 Å². The molecule has 2 saturated heterocycles. The first-order chi connectivity index (χ1) is 27.6. The molecule has 5 aliphatic rings. The SMILES string of the molecule is CC1(C)[C@H](NC(=O)c2ccc(N3CCN(C(=O)CC4Cc5cc6c(cc5C4)C(=O)N(C4CCC(=O)NC4=O)C6=O)CC3)cc2)C(C)(C)[C@H]1Oc1ccc(C#N)c(Cl)c1. The van der Waals surface area contributed by atoms with E-state index < -0.39 is 29.7 Å². The topological polar surface area (TPSA) is 169 Å². The zero-order valence-electron chi connectivity index (χ0n) is 32.9. The number of ether oxygens (including phenoxy) is 1. The molecule has 1 atom stereocenters. The normalized spacial score (nSPS) is 23.4. The highest BCUT2D eigenvalue weighted by atomic mass is 35.5. The molecule has 13 nitrogen and oxygen atoms in total. The van der Waals surface area contributed by atoms with Gasteiger partial charge in [0.2, 0.25) is 17.7 Å². The third-order valence-electron chi connectivity index (χ3n) is 12.8. The van der Waals surface area contributed by atoms with Gasteiger partial charge in [-0.3, -0.25) is 39.0 Å². The van der Waals surface area contributed by atoms with Gasteiger partial charge in [-0.15, -0.1) is 0 Å². The van der Waals surface area contributed by atoms with Crippen molar-refractivity contribution in [2.24, 2.45) is 16.7 Å². The number of piperidine rings is 1. The largest absolute Gasteiger partial charge is 0.489 e. The van der Waals surface area contributed by atoms with Gasteiger partial charge < -0.3 is 19.9 Å². The number of rotatable bonds is 8. The number of halogens is 1. The van der Waals surface area contributed by atoms with Crippen LogP contribution < -0.4 is 20.3 Å². The lowest BCUT2D eigenvalue weighted by atomic mass is 9.49. The average molecular weight is 805 g/mol. The predicted octanol–water partition coefficient (Wildman–Crippen LogP) is 4.68. The van der Waals surface area contributed by atoms with Crippen LogP contribution in [0.1, 0.15) is 94.7 Å². The number of carbonyl (C=O) groups is 6. The van der Waals surface area contributed by atoms with Crippen LogP contribution in [0, 0.1) is 28.1 Å². The molecule has 2 aliphatic carbocycles. The molecule has 1 unspecified atom stereocenters. The first-order valence-electron chi connectivity index (χ1n) is 19.7. The van der Waals surface area contributed by atoms with Crippen LogP contribution in [0.3, 0.4) is 0 Å². The number of benzene rings is 3. The Bertz CT molecular complexity index is 2250. The summed E-state index contributed by atoms with van der Waals surface area (Å²) in [5.74, 6) is -1.57. The number of anilines is 1. The molecule has 3 aliphatic heterocycles. The Labute approximate surface area is 341 Å². The summed E-state index contributed by atoms with van der Waals surface area (Å²) in [5.41, 5.74) is 3.55. The van der Waals surface area contributed by atoms with E-state index in [1.807, 2.05) is 29.2 Å². The molecule has 2 N–H and O–H groups in total. The van der Waals surface area contributed by atoms with Crippen molar-refractivity contribution in [1.29, 1.82) is 5.26 Å². The van der Waals surface area contributed by atoms with Crippen LogP contribution in [0.25, 0.3) is 0 Å². The van der Waals surface area contributed by atoms with Crippen LogP contribution in [-0.2, 0) is 27.2 Å². The molecule has 3 aromatic carbocycles. The molecular formula is C44H45ClN6O7. The molecule has 0 aromatic heterocycles. The summed E-state index contributed by atoms with van der Waals surface area (Å²) in [7, 11) is 0. The minimum absolute atomic E-state index is 0.0503. The summed E-state index contributed by atoms with van der Waals surface area (Å²) < 4.78 is 6.36. The maximum atomic E-state index is 13.5. The van der Waals surface area contributed by atoms with Crippen LogP contribution in [0.4, 0.5) is 5.69 Å². The Balaban J connectivity index is 0.816. The molecule has 3 aromatic rings. The fourth-order valence-corrected chi connectivity index (χ4v) is 10.3. The van der Waals surface area contributed by atoms with Crippen LogP contribution >= 0.6 is 11.6 Å². The van der Waals surface area contributed by atoms with Crippen molar-refractivity contribution in [3.63, 3.8) is 0 Å². The highest BCUT2D eigenvalue weighted by Crippen LogP contribution is 2.55. The van der Waals surface area contributed by atoms with Crippen molar-refractivity contribution in [1.82, 2.24) is 20.4 Å². The summed E-state index contributed by atoms with van der Waals surface area (Å²) in [4.78, 5) is 82.7.